The standard InChI is InChI=1S/C15H23N3O3/c1-5-21-14(20)15(11(2)3)6-7-18(9-15)13(19)12-8-17(4)10-16-12/h8,10-11H,5-7,9H2,1-4H3/t15-/m1/s1. The lowest BCUT2D eigenvalue weighted by atomic mass is 9.76. The summed E-state index contributed by atoms with van der Waals surface area (Å²) in [4.78, 5) is 30.6. The van der Waals surface area contributed by atoms with Crippen LogP contribution in [0.15, 0.2) is 12.5 Å². The molecule has 0 saturated carbocycles. The van der Waals surface area contributed by atoms with Crippen LogP contribution in [0.2, 0.25) is 0 Å². The summed E-state index contributed by atoms with van der Waals surface area (Å²) in [7, 11) is 1.82. The summed E-state index contributed by atoms with van der Waals surface area (Å²) >= 11 is 0. The van der Waals surface area contributed by atoms with E-state index in [2.05, 4.69) is 4.98 Å². The molecule has 0 N–H and O–H groups in total. The number of aromatic nitrogens is 2. The molecule has 1 atom stereocenters. The number of ether oxygens (including phenoxy) is 1. The average Bonchev–Trinajstić information content (AvgIpc) is 3.05. The first kappa shape index (κ1) is 15.5. The van der Waals surface area contributed by atoms with Gasteiger partial charge in [-0.25, -0.2) is 4.98 Å². The third-order valence-corrected chi connectivity index (χ3v) is 4.30. The maximum absolute atomic E-state index is 12.4. The molecule has 0 bridgehead atoms. The summed E-state index contributed by atoms with van der Waals surface area (Å²) in [5.74, 6) is -0.197. The quantitative estimate of drug-likeness (QED) is 0.789. The van der Waals surface area contributed by atoms with E-state index in [-0.39, 0.29) is 17.8 Å². The van der Waals surface area contributed by atoms with Crippen molar-refractivity contribution in [2.45, 2.75) is 27.2 Å². The van der Waals surface area contributed by atoms with Crippen molar-refractivity contribution in [1.29, 1.82) is 0 Å². The second-order valence-corrected chi connectivity index (χ2v) is 5.93. The number of rotatable bonds is 4. The second kappa shape index (κ2) is 5.87. The van der Waals surface area contributed by atoms with Gasteiger partial charge in [-0.1, -0.05) is 13.8 Å². The number of likely N-dealkylation sites (tertiary alicyclic amines) is 1. The molecule has 0 spiro atoms. The molecule has 2 heterocycles. The van der Waals surface area contributed by atoms with Gasteiger partial charge in [0, 0.05) is 26.3 Å². The van der Waals surface area contributed by atoms with E-state index in [0.717, 1.165) is 0 Å². The van der Waals surface area contributed by atoms with Crippen LogP contribution in [-0.4, -0.2) is 46.0 Å². The highest BCUT2D eigenvalue weighted by atomic mass is 16.5. The molecule has 1 saturated heterocycles. The van der Waals surface area contributed by atoms with Crippen molar-refractivity contribution in [3.05, 3.63) is 18.2 Å². The monoisotopic (exact) mass is 293 g/mol. The van der Waals surface area contributed by atoms with Gasteiger partial charge in [-0.05, 0) is 19.3 Å². The summed E-state index contributed by atoms with van der Waals surface area (Å²) in [6.07, 6.45) is 3.94. The van der Waals surface area contributed by atoms with Crippen LogP contribution in [0.25, 0.3) is 0 Å². The van der Waals surface area contributed by atoms with Crippen LogP contribution < -0.4 is 0 Å². The lowest BCUT2D eigenvalue weighted by Crippen LogP contribution is -2.42. The van der Waals surface area contributed by atoms with Crippen molar-refractivity contribution in [2.24, 2.45) is 18.4 Å². The van der Waals surface area contributed by atoms with Crippen molar-refractivity contribution in [3.8, 4) is 0 Å². The number of esters is 1. The number of aryl methyl sites for hydroxylation is 1. The Morgan fingerprint density at radius 2 is 2.19 bits per heavy atom. The molecule has 1 aliphatic heterocycles. The fourth-order valence-corrected chi connectivity index (χ4v) is 2.84. The molecular weight excluding hydrogens is 270 g/mol. The van der Waals surface area contributed by atoms with Crippen molar-refractivity contribution >= 4 is 11.9 Å². The minimum atomic E-state index is -0.597. The normalized spacial score (nSPS) is 21.9. The van der Waals surface area contributed by atoms with Crippen LogP contribution in [0.5, 0.6) is 0 Å². The largest absolute Gasteiger partial charge is 0.466 e. The number of nitrogens with zero attached hydrogens (tertiary/aromatic N) is 3. The van der Waals surface area contributed by atoms with Crippen LogP contribution in [0.4, 0.5) is 0 Å². The Hall–Kier alpha value is -1.85. The molecule has 6 nitrogen and oxygen atoms in total. The van der Waals surface area contributed by atoms with Gasteiger partial charge in [-0.3, -0.25) is 9.59 Å². The molecule has 21 heavy (non-hydrogen) atoms. The summed E-state index contributed by atoms with van der Waals surface area (Å²) < 4.78 is 6.97. The van der Waals surface area contributed by atoms with E-state index in [1.54, 1.807) is 28.9 Å². The summed E-state index contributed by atoms with van der Waals surface area (Å²) in [6, 6.07) is 0. The molecule has 1 aromatic rings. The molecule has 0 aliphatic carbocycles. The number of imidazole rings is 1. The van der Waals surface area contributed by atoms with Gasteiger partial charge in [-0.15, -0.1) is 0 Å². The van der Waals surface area contributed by atoms with Crippen molar-refractivity contribution < 1.29 is 14.3 Å². The number of amides is 1. The molecule has 0 unspecified atom stereocenters. The zero-order valence-corrected chi connectivity index (χ0v) is 13.1. The van der Waals surface area contributed by atoms with Crippen LogP contribution in [0.1, 0.15) is 37.7 Å². The molecular formula is C15H23N3O3. The molecule has 116 valence electrons. The molecule has 1 aromatic heterocycles. The fourth-order valence-electron chi connectivity index (χ4n) is 2.84. The molecule has 1 fully saturated rings. The van der Waals surface area contributed by atoms with E-state index in [0.29, 0.717) is 31.8 Å². The number of carbonyl (C=O) groups excluding carboxylic acids is 2. The first-order valence-corrected chi connectivity index (χ1v) is 7.35. The predicted octanol–water partition coefficient (Wildman–Crippen LogP) is 1.47. The average molecular weight is 293 g/mol. The molecule has 1 amide bonds. The Morgan fingerprint density at radius 1 is 1.48 bits per heavy atom. The summed E-state index contributed by atoms with van der Waals surface area (Å²) in [5.41, 5.74) is -0.179. The van der Waals surface area contributed by atoms with Crippen LogP contribution in [0, 0.1) is 11.3 Å². The van der Waals surface area contributed by atoms with Crippen LogP contribution in [0.3, 0.4) is 0 Å². The Labute approximate surface area is 125 Å². The number of carbonyl (C=O) groups is 2. The zero-order valence-electron chi connectivity index (χ0n) is 13.1. The van der Waals surface area contributed by atoms with Crippen molar-refractivity contribution in [3.63, 3.8) is 0 Å². The SMILES string of the molecule is CCOC(=O)[C@]1(C(C)C)CCN(C(=O)c2cn(C)cn2)C1. The van der Waals surface area contributed by atoms with E-state index in [9.17, 15) is 9.59 Å². The zero-order chi connectivity index (χ0) is 15.6. The Morgan fingerprint density at radius 3 is 2.71 bits per heavy atom. The first-order chi connectivity index (χ1) is 9.90. The third-order valence-electron chi connectivity index (χ3n) is 4.30. The maximum Gasteiger partial charge on any atom is 0.314 e. The highest BCUT2D eigenvalue weighted by molar-refractivity contribution is 5.93. The van der Waals surface area contributed by atoms with Crippen LogP contribution in [-0.2, 0) is 16.6 Å². The van der Waals surface area contributed by atoms with Crippen molar-refractivity contribution in [2.75, 3.05) is 19.7 Å². The number of hydrogen-bond donors (Lipinski definition) is 0. The van der Waals surface area contributed by atoms with Gasteiger partial charge >= 0.3 is 5.97 Å². The summed E-state index contributed by atoms with van der Waals surface area (Å²) in [5, 5.41) is 0. The van der Waals surface area contributed by atoms with Gasteiger partial charge in [0.2, 0.25) is 0 Å². The van der Waals surface area contributed by atoms with Gasteiger partial charge in [0.1, 0.15) is 5.69 Å². The predicted molar refractivity (Wildman–Crippen MR) is 77.6 cm³/mol. The van der Waals surface area contributed by atoms with Gasteiger partial charge in [0.25, 0.3) is 5.91 Å². The molecule has 2 rings (SSSR count). The van der Waals surface area contributed by atoms with E-state index < -0.39 is 5.41 Å². The second-order valence-electron chi connectivity index (χ2n) is 5.93. The van der Waals surface area contributed by atoms with Gasteiger partial charge in [-0.2, -0.15) is 0 Å². The van der Waals surface area contributed by atoms with E-state index in [4.69, 9.17) is 4.74 Å². The molecule has 0 radical (unpaired) electrons. The molecule has 6 heteroatoms. The maximum atomic E-state index is 12.4. The Kier molecular flexibility index (Phi) is 4.34. The van der Waals surface area contributed by atoms with E-state index >= 15 is 0 Å². The van der Waals surface area contributed by atoms with E-state index in [1.165, 1.54) is 0 Å². The molecule has 0 aromatic carbocycles. The smallest absolute Gasteiger partial charge is 0.314 e. The van der Waals surface area contributed by atoms with Crippen LogP contribution >= 0.6 is 0 Å². The minimum absolute atomic E-state index is 0.123. The van der Waals surface area contributed by atoms with Gasteiger partial charge in [0.05, 0.1) is 18.3 Å². The fraction of sp³-hybridized carbons (Fsp3) is 0.667. The lowest BCUT2D eigenvalue weighted by Gasteiger charge is -2.30. The number of hydrogen-bond acceptors (Lipinski definition) is 4. The lowest BCUT2D eigenvalue weighted by molar-refractivity contribution is -0.157. The Balaban J connectivity index is 2.16. The highest BCUT2D eigenvalue weighted by Gasteiger charge is 2.49. The minimum Gasteiger partial charge on any atom is -0.466 e. The highest BCUT2D eigenvalue weighted by Crippen LogP contribution is 2.39. The molecule has 1 aliphatic rings. The Bertz CT molecular complexity index is 538. The van der Waals surface area contributed by atoms with Crippen molar-refractivity contribution in [1.82, 2.24) is 14.5 Å². The first-order valence-electron chi connectivity index (χ1n) is 7.35. The van der Waals surface area contributed by atoms with E-state index in [1.807, 2.05) is 20.9 Å². The third kappa shape index (κ3) is 2.80. The summed E-state index contributed by atoms with van der Waals surface area (Å²) in [6.45, 7) is 7.14. The van der Waals surface area contributed by atoms with Gasteiger partial charge < -0.3 is 14.2 Å². The topological polar surface area (TPSA) is 64.4 Å². The van der Waals surface area contributed by atoms with Gasteiger partial charge in [0.15, 0.2) is 0 Å².